The van der Waals surface area contributed by atoms with Crippen LogP contribution in [0.2, 0.25) is 0 Å². The van der Waals surface area contributed by atoms with Gasteiger partial charge in [-0.3, -0.25) is 14.4 Å². The van der Waals surface area contributed by atoms with E-state index in [1.165, 1.54) is 12.1 Å². The number of aromatic nitrogens is 1. The average Bonchev–Trinajstić information content (AvgIpc) is 3.21. The second-order valence-electron chi connectivity index (χ2n) is 8.63. The molecule has 2 aromatic rings. The molecule has 10 heteroatoms. The number of oxazole rings is 1. The summed E-state index contributed by atoms with van der Waals surface area (Å²) < 4.78 is 33.8. The molecule has 9 nitrogen and oxygen atoms in total. The number of hydrogen-bond acceptors (Lipinski definition) is 7. The van der Waals surface area contributed by atoms with Crippen molar-refractivity contribution < 1.29 is 27.2 Å². The van der Waals surface area contributed by atoms with Crippen molar-refractivity contribution in [1.82, 2.24) is 15.0 Å². The van der Waals surface area contributed by atoms with Crippen LogP contribution in [-0.2, 0) is 37.2 Å². The molecule has 1 aliphatic rings. The van der Waals surface area contributed by atoms with Crippen LogP contribution in [0.5, 0.6) is 0 Å². The largest absolute Gasteiger partial charge is 0.446 e. The van der Waals surface area contributed by atoms with Gasteiger partial charge in [0.2, 0.25) is 15.8 Å². The molecule has 2 bridgehead atoms. The van der Waals surface area contributed by atoms with E-state index in [1.807, 2.05) is 13.8 Å². The SMILES string of the molecule is CC(C)CC(NS(=O)(=O)c1ccccc1)C(=O)CC1Cc2ncc(o2)CCCNC(=O)C1=O. The van der Waals surface area contributed by atoms with Gasteiger partial charge in [0.1, 0.15) is 5.76 Å². The highest BCUT2D eigenvalue weighted by atomic mass is 32.2. The molecule has 1 aliphatic heterocycles. The molecular weight excluding hydrogens is 446 g/mol. The van der Waals surface area contributed by atoms with Crippen molar-refractivity contribution in [3.8, 4) is 0 Å². The first-order valence-corrected chi connectivity index (χ1v) is 12.5. The molecule has 0 radical (unpaired) electrons. The fourth-order valence-corrected chi connectivity index (χ4v) is 4.97. The van der Waals surface area contributed by atoms with Gasteiger partial charge in [0.05, 0.1) is 17.1 Å². The van der Waals surface area contributed by atoms with E-state index in [9.17, 15) is 22.8 Å². The van der Waals surface area contributed by atoms with E-state index >= 15 is 0 Å². The molecule has 1 aromatic heterocycles. The fraction of sp³-hybridized carbons (Fsp3) is 0.478. The summed E-state index contributed by atoms with van der Waals surface area (Å²) in [5.41, 5.74) is 0. The van der Waals surface area contributed by atoms with Crippen LogP contribution in [-0.4, -0.2) is 43.5 Å². The Bertz CT molecular complexity index is 1090. The number of ketones is 2. The number of carbonyl (C=O) groups is 3. The number of aryl methyl sites for hydroxylation is 1. The Morgan fingerprint density at radius 2 is 1.97 bits per heavy atom. The van der Waals surface area contributed by atoms with Crippen molar-refractivity contribution in [3.05, 3.63) is 48.2 Å². The summed E-state index contributed by atoms with van der Waals surface area (Å²) in [6.45, 7) is 4.04. The quantitative estimate of drug-likeness (QED) is 0.556. The Morgan fingerprint density at radius 3 is 2.67 bits per heavy atom. The molecule has 0 fully saturated rings. The number of fused-ring (bicyclic) bond motifs is 2. The van der Waals surface area contributed by atoms with Crippen molar-refractivity contribution >= 4 is 27.5 Å². The summed E-state index contributed by atoms with van der Waals surface area (Å²) in [5.74, 6) is -2.03. The molecule has 1 aromatic carbocycles. The molecule has 0 saturated heterocycles. The van der Waals surface area contributed by atoms with Gasteiger partial charge in [-0.2, -0.15) is 0 Å². The maximum Gasteiger partial charge on any atom is 0.287 e. The highest BCUT2D eigenvalue weighted by Crippen LogP contribution is 2.20. The molecule has 2 atom stereocenters. The van der Waals surface area contributed by atoms with Gasteiger partial charge in [0.15, 0.2) is 11.7 Å². The molecule has 2 heterocycles. The maximum atomic E-state index is 13.2. The van der Waals surface area contributed by atoms with Crippen LogP contribution in [0.15, 0.2) is 45.8 Å². The predicted octanol–water partition coefficient (Wildman–Crippen LogP) is 1.82. The second-order valence-corrected chi connectivity index (χ2v) is 10.3. The van der Waals surface area contributed by atoms with Crippen LogP contribution in [0, 0.1) is 11.8 Å². The number of benzene rings is 1. The Hall–Kier alpha value is -2.85. The smallest absolute Gasteiger partial charge is 0.287 e. The Morgan fingerprint density at radius 1 is 1.24 bits per heavy atom. The summed E-state index contributed by atoms with van der Waals surface area (Å²) in [6, 6.07) is 6.73. The number of nitrogens with zero attached hydrogens (tertiary/aromatic N) is 1. The molecule has 33 heavy (non-hydrogen) atoms. The van der Waals surface area contributed by atoms with Crippen LogP contribution < -0.4 is 10.0 Å². The number of nitrogens with one attached hydrogen (secondary N) is 2. The van der Waals surface area contributed by atoms with Crippen LogP contribution >= 0.6 is 0 Å². The van der Waals surface area contributed by atoms with E-state index in [-0.39, 0.29) is 36.0 Å². The highest BCUT2D eigenvalue weighted by Gasteiger charge is 2.34. The van der Waals surface area contributed by atoms with Crippen LogP contribution in [0.1, 0.15) is 44.8 Å². The second kappa shape index (κ2) is 10.8. The minimum absolute atomic E-state index is 0.0123. The lowest BCUT2D eigenvalue weighted by atomic mass is 9.89. The van der Waals surface area contributed by atoms with E-state index in [4.69, 9.17) is 4.42 Å². The van der Waals surface area contributed by atoms with Gasteiger partial charge in [-0.25, -0.2) is 18.1 Å². The first kappa shape index (κ1) is 24.8. The van der Waals surface area contributed by atoms with Crippen LogP contribution in [0.25, 0.3) is 0 Å². The average molecular weight is 476 g/mol. The zero-order chi connectivity index (χ0) is 24.0. The molecule has 3 rings (SSSR count). The lowest BCUT2D eigenvalue weighted by molar-refractivity contribution is -0.141. The molecular formula is C23H29N3O6S. The lowest BCUT2D eigenvalue weighted by Crippen LogP contribution is -2.44. The summed E-state index contributed by atoms with van der Waals surface area (Å²) >= 11 is 0. The third-order valence-electron chi connectivity index (χ3n) is 5.40. The molecule has 178 valence electrons. The van der Waals surface area contributed by atoms with Crippen molar-refractivity contribution in [2.75, 3.05) is 6.54 Å². The van der Waals surface area contributed by atoms with E-state index in [1.54, 1.807) is 24.4 Å². The third-order valence-corrected chi connectivity index (χ3v) is 6.88. The van der Waals surface area contributed by atoms with Gasteiger partial charge >= 0.3 is 0 Å². The third kappa shape index (κ3) is 6.82. The van der Waals surface area contributed by atoms with Gasteiger partial charge in [-0.1, -0.05) is 32.0 Å². The first-order valence-electron chi connectivity index (χ1n) is 11.0. The number of Topliss-reactive ketones (excluding diaryl/α,β-unsaturated/α-hetero) is 2. The molecule has 0 spiro atoms. The van der Waals surface area contributed by atoms with Crippen molar-refractivity contribution in [3.63, 3.8) is 0 Å². The summed E-state index contributed by atoms with van der Waals surface area (Å²) in [7, 11) is -3.94. The highest BCUT2D eigenvalue weighted by molar-refractivity contribution is 7.89. The monoisotopic (exact) mass is 475 g/mol. The number of carbonyl (C=O) groups excluding carboxylic acids is 3. The van der Waals surface area contributed by atoms with Crippen molar-refractivity contribution in [1.29, 1.82) is 0 Å². The fourth-order valence-electron chi connectivity index (χ4n) is 3.72. The Labute approximate surface area is 193 Å². The lowest BCUT2D eigenvalue weighted by Gasteiger charge is -2.22. The van der Waals surface area contributed by atoms with Gasteiger partial charge in [0, 0.05) is 31.7 Å². The number of amides is 1. The van der Waals surface area contributed by atoms with Crippen LogP contribution in [0.4, 0.5) is 0 Å². The first-order chi connectivity index (χ1) is 15.7. The molecule has 0 aliphatic carbocycles. The predicted molar refractivity (Wildman–Crippen MR) is 120 cm³/mol. The summed E-state index contributed by atoms with van der Waals surface area (Å²) in [4.78, 5) is 42.6. The van der Waals surface area contributed by atoms with Crippen molar-refractivity contribution in [2.45, 2.75) is 56.9 Å². The van der Waals surface area contributed by atoms with E-state index in [2.05, 4.69) is 15.0 Å². The summed E-state index contributed by atoms with van der Waals surface area (Å²) in [5, 5.41) is 2.58. The van der Waals surface area contributed by atoms with Gasteiger partial charge in [0.25, 0.3) is 5.91 Å². The number of sulfonamides is 1. The Kier molecular flexibility index (Phi) is 8.15. The van der Waals surface area contributed by atoms with Gasteiger partial charge in [-0.05, 0) is 30.9 Å². The Balaban J connectivity index is 1.82. The van der Waals surface area contributed by atoms with Gasteiger partial charge < -0.3 is 9.73 Å². The van der Waals surface area contributed by atoms with Crippen LogP contribution in [0.3, 0.4) is 0 Å². The van der Waals surface area contributed by atoms with Crippen molar-refractivity contribution in [2.24, 2.45) is 11.8 Å². The van der Waals surface area contributed by atoms with E-state index in [0.29, 0.717) is 25.1 Å². The standard InChI is InChI=1S/C23H29N3O6S/c1-15(2)11-19(26-33(30,31)18-8-4-3-5-9-18)20(27)12-16-13-21-25-14-17(32-21)7-6-10-24-23(29)22(16)28/h3-5,8-9,14-16,19,26H,6-7,10-13H2,1-2H3,(H,24,29). The molecule has 2 N–H and O–H groups in total. The topological polar surface area (TPSA) is 135 Å². The summed E-state index contributed by atoms with van der Waals surface area (Å²) in [6.07, 6.45) is 2.67. The zero-order valence-electron chi connectivity index (χ0n) is 18.7. The van der Waals surface area contributed by atoms with E-state index in [0.717, 1.165) is 0 Å². The zero-order valence-corrected chi connectivity index (χ0v) is 19.6. The minimum atomic E-state index is -3.94. The minimum Gasteiger partial charge on any atom is -0.446 e. The molecule has 0 saturated carbocycles. The maximum absolute atomic E-state index is 13.2. The molecule has 2 unspecified atom stereocenters. The molecule has 1 amide bonds. The number of rotatable bonds is 8. The number of hydrogen-bond donors (Lipinski definition) is 2. The van der Waals surface area contributed by atoms with Gasteiger partial charge in [-0.15, -0.1) is 0 Å². The normalized spacial score (nSPS) is 18.5. The van der Waals surface area contributed by atoms with E-state index < -0.39 is 39.5 Å².